The van der Waals surface area contributed by atoms with Crippen molar-refractivity contribution in [2.45, 2.75) is 0 Å². The molecule has 7 heavy (non-hydrogen) atoms. The summed E-state index contributed by atoms with van der Waals surface area (Å²) in [5.74, 6) is 4.49. The largest absolute Gasteiger partial charge is 0.463 e. The number of hydrogen-bond donors (Lipinski definition) is 4. The Hall–Kier alpha value is -0.850. The quantitative estimate of drug-likeness (QED) is 0.190. The van der Waals surface area contributed by atoms with E-state index in [1.54, 1.807) is 0 Å². The molecule has 6 heteroatoms. The molecule has 5 N–H and O–H groups in total. The van der Waals surface area contributed by atoms with Crippen LogP contribution in [0.2, 0.25) is 0 Å². The van der Waals surface area contributed by atoms with E-state index in [1.807, 2.05) is 0 Å². The minimum Gasteiger partial charge on any atom is -0.463 e. The van der Waals surface area contributed by atoms with Gasteiger partial charge < -0.3 is 5.11 Å². The zero-order valence-corrected chi connectivity index (χ0v) is 3.33. The Labute approximate surface area is 39.0 Å². The Morgan fingerprint density at radius 1 is 1.86 bits per heavy atom. The number of nitrogens with zero attached hydrogens (tertiary/aromatic N) is 1. The fourth-order valence-corrected chi connectivity index (χ4v) is 0.0428. The Morgan fingerprint density at radius 2 is 2.29 bits per heavy atom. The second-order valence-electron chi connectivity index (χ2n) is 0.753. The molecule has 0 aliphatic carbocycles. The van der Waals surface area contributed by atoms with Crippen LogP contribution < -0.4 is 11.4 Å². The molecule has 0 heterocycles. The molecule has 0 aromatic rings. The summed E-state index contributed by atoms with van der Waals surface area (Å²) in [5.41, 5.74) is 1.18. The summed E-state index contributed by atoms with van der Waals surface area (Å²) in [6.07, 6.45) is -1.46. The molecule has 0 atom stereocenters. The van der Waals surface area contributed by atoms with Crippen molar-refractivity contribution in [3.63, 3.8) is 0 Å². The van der Waals surface area contributed by atoms with Gasteiger partial charge in [0.2, 0.25) is 0 Å². The molecule has 0 aromatic heterocycles. The summed E-state index contributed by atoms with van der Waals surface area (Å²) in [6, 6.07) is 0. The van der Waals surface area contributed by atoms with Crippen LogP contribution in [0.4, 0.5) is 4.79 Å². The number of carbonyl (C=O) groups is 1. The molecule has 0 aliphatic rings. The van der Waals surface area contributed by atoms with Crippen LogP contribution in [-0.4, -0.2) is 21.5 Å². The summed E-state index contributed by atoms with van der Waals surface area (Å²) in [5, 5.41) is 15.4. The fourth-order valence-electron chi connectivity index (χ4n) is 0.0428. The monoisotopic (exact) mass is 107 g/mol. The average Bonchev–Trinajstić information content (AvgIpc) is 1.65. The lowest BCUT2D eigenvalue weighted by atomic mass is 11.2. The highest BCUT2D eigenvalue weighted by atomic mass is 16.5. The third kappa shape index (κ3) is 1.93. The van der Waals surface area contributed by atoms with Gasteiger partial charge in [-0.3, -0.25) is 5.21 Å². The summed E-state index contributed by atoms with van der Waals surface area (Å²) < 4.78 is 0. The summed E-state index contributed by atoms with van der Waals surface area (Å²) in [6.45, 7) is 0. The number of rotatable bonds is 1. The van der Waals surface area contributed by atoms with Crippen molar-refractivity contribution >= 4 is 6.09 Å². The molecule has 1 amide bonds. The highest BCUT2D eigenvalue weighted by Gasteiger charge is 1.99. The van der Waals surface area contributed by atoms with Gasteiger partial charge in [0, 0.05) is 0 Å². The number of amides is 1. The molecule has 0 saturated heterocycles. The molecule has 0 saturated carbocycles. The third-order valence-corrected chi connectivity index (χ3v) is 0.314. The van der Waals surface area contributed by atoms with Gasteiger partial charge in [0.1, 0.15) is 0 Å². The molecule has 0 bridgehead atoms. The van der Waals surface area contributed by atoms with Gasteiger partial charge in [-0.25, -0.2) is 10.6 Å². The smallest absolute Gasteiger partial charge is 0.438 e. The lowest BCUT2D eigenvalue weighted by Gasteiger charge is -2.05. The minimum absolute atomic E-state index is 0.0139. The molecular weight excluding hydrogens is 102 g/mol. The number of nitrogens with one attached hydrogen (secondary N) is 1. The standard InChI is InChI=1S/CH5N3O3/c2-4(3-7)1(5)6/h3,7H,2H2,(H,5,6). The zero-order valence-electron chi connectivity index (χ0n) is 3.33. The van der Waals surface area contributed by atoms with E-state index in [0.717, 1.165) is 0 Å². The molecule has 6 nitrogen and oxygen atoms in total. The Bertz CT molecular complexity index is 72.6. The Kier molecular flexibility index (Phi) is 2.06. The van der Waals surface area contributed by atoms with Crippen LogP contribution in [0.25, 0.3) is 0 Å². The molecule has 0 fully saturated rings. The van der Waals surface area contributed by atoms with Crippen LogP contribution >= 0.6 is 0 Å². The van der Waals surface area contributed by atoms with Gasteiger partial charge in [-0.05, 0) is 0 Å². The molecule has 0 rings (SSSR count). The first-order valence-electron chi connectivity index (χ1n) is 1.36. The molecule has 0 aliphatic heterocycles. The maximum Gasteiger partial charge on any atom is 0.438 e. The Morgan fingerprint density at radius 3 is 2.29 bits per heavy atom. The van der Waals surface area contributed by atoms with Gasteiger partial charge in [0.05, 0.1) is 0 Å². The van der Waals surface area contributed by atoms with Crippen LogP contribution in [0.15, 0.2) is 0 Å². The van der Waals surface area contributed by atoms with E-state index in [1.165, 1.54) is 5.59 Å². The van der Waals surface area contributed by atoms with E-state index in [0.29, 0.717) is 0 Å². The van der Waals surface area contributed by atoms with Gasteiger partial charge in [-0.2, -0.15) is 5.12 Å². The number of carboxylic acid groups (broad SMARTS) is 1. The van der Waals surface area contributed by atoms with E-state index in [9.17, 15) is 4.79 Å². The van der Waals surface area contributed by atoms with Crippen LogP contribution in [0.3, 0.4) is 0 Å². The van der Waals surface area contributed by atoms with Crippen LogP contribution in [0.5, 0.6) is 0 Å². The van der Waals surface area contributed by atoms with Gasteiger partial charge in [-0.1, -0.05) is 5.59 Å². The highest BCUT2D eigenvalue weighted by Crippen LogP contribution is 1.64. The SMILES string of the molecule is NN(NO)C(=O)O. The van der Waals surface area contributed by atoms with E-state index in [-0.39, 0.29) is 5.12 Å². The van der Waals surface area contributed by atoms with Crippen LogP contribution in [0, 0.1) is 0 Å². The van der Waals surface area contributed by atoms with Crippen molar-refractivity contribution in [1.29, 1.82) is 0 Å². The normalized spacial score (nSPS) is 8.29. The first-order valence-corrected chi connectivity index (χ1v) is 1.36. The van der Waals surface area contributed by atoms with Crippen molar-refractivity contribution in [3.05, 3.63) is 0 Å². The first-order chi connectivity index (χ1) is 3.18. The van der Waals surface area contributed by atoms with Gasteiger partial charge >= 0.3 is 6.09 Å². The van der Waals surface area contributed by atoms with Crippen molar-refractivity contribution in [3.8, 4) is 0 Å². The maximum absolute atomic E-state index is 9.51. The fraction of sp³-hybridized carbons (Fsp3) is 0. The van der Waals surface area contributed by atoms with E-state index in [2.05, 4.69) is 5.84 Å². The molecule has 0 aromatic carbocycles. The second kappa shape index (κ2) is 2.35. The zero-order chi connectivity index (χ0) is 5.86. The minimum atomic E-state index is -1.46. The average molecular weight is 107 g/mol. The van der Waals surface area contributed by atoms with Crippen molar-refractivity contribution < 1.29 is 15.1 Å². The van der Waals surface area contributed by atoms with E-state index in [4.69, 9.17) is 10.3 Å². The van der Waals surface area contributed by atoms with Gasteiger partial charge in [-0.15, -0.1) is 0 Å². The van der Waals surface area contributed by atoms with E-state index >= 15 is 0 Å². The van der Waals surface area contributed by atoms with Gasteiger partial charge in [0.25, 0.3) is 0 Å². The lowest BCUT2D eigenvalue weighted by molar-refractivity contribution is -0.00843. The molecular formula is CH5N3O3. The summed E-state index contributed by atoms with van der Waals surface area (Å²) in [4.78, 5) is 9.51. The molecule has 0 radical (unpaired) electrons. The topological polar surface area (TPSA) is 98.8 Å². The number of hydrazine groups is 2. The van der Waals surface area contributed by atoms with Crippen molar-refractivity contribution in [1.82, 2.24) is 10.7 Å². The molecule has 42 valence electrons. The summed E-state index contributed by atoms with van der Waals surface area (Å²) >= 11 is 0. The maximum atomic E-state index is 9.51. The number of hydrogen-bond acceptors (Lipinski definition) is 4. The third-order valence-electron chi connectivity index (χ3n) is 0.314. The molecule has 0 unspecified atom stereocenters. The highest BCUT2D eigenvalue weighted by molar-refractivity contribution is 5.63. The second-order valence-corrected chi connectivity index (χ2v) is 0.753. The summed E-state index contributed by atoms with van der Waals surface area (Å²) in [7, 11) is 0. The first kappa shape index (κ1) is 6.15. The van der Waals surface area contributed by atoms with Crippen LogP contribution in [-0.2, 0) is 0 Å². The Balaban J connectivity index is 3.34. The van der Waals surface area contributed by atoms with Crippen LogP contribution in [0.1, 0.15) is 0 Å². The number of nitrogens with two attached hydrogens (primary N) is 1. The van der Waals surface area contributed by atoms with E-state index < -0.39 is 6.09 Å². The lowest BCUT2D eigenvalue weighted by Crippen LogP contribution is -2.45. The predicted molar refractivity (Wildman–Crippen MR) is 19.0 cm³/mol. The predicted octanol–water partition coefficient (Wildman–Crippen LogP) is -1.27. The van der Waals surface area contributed by atoms with Crippen molar-refractivity contribution in [2.24, 2.45) is 5.84 Å². The molecule has 0 spiro atoms. The van der Waals surface area contributed by atoms with Gasteiger partial charge in [0.15, 0.2) is 0 Å². The van der Waals surface area contributed by atoms with Crippen molar-refractivity contribution in [2.75, 3.05) is 0 Å².